The molecule has 1 N–H and O–H groups in total. The van der Waals surface area contributed by atoms with Crippen LogP contribution < -0.4 is 5.32 Å². The molecule has 2 bridgehead atoms. The Morgan fingerprint density at radius 3 is 2.48 bits per heavy atom. The van der Waals surface area contributed by atoms with Crippen molar-refractivity contribution in [2.45, 2.75) is 31.1 Å². The Bertz CT molecular complexity index is 1170. The van der Waals surface area contributed by atoms with E-state index in [1.165, 1.54) is 30.6 Å². The van der Waals surface area contributed by atoms with Crippen LogP contribution in [-0.2, 0) is 6.18 Å². The van der Waals surface area contributed by atoms with Gasteiger partial charge in [-0.25, -0.2) is 19.3 Å². The summed E-state index contributed by atoms with van der Waals surface area (Å²) in [5.74, 6) is -0.513. The molecular formula is C23H19F4N5O. The van der Waals surface area contributed by atoms with Crippen LogP contribution in [0.1, 0.15) is 28.9 Å². The first kappa shape index (κ1) is 21.3. The summed E-state index contributed by atoms with van der Waals surface area (Å²) in [6, 6.07) is 7.87. The van der Waals surface area contributed by atoms with Crippen molar-refractivity contribution >= 4 is 11.6 Å². The van der Waals surface area contributed by atoms with Crippen molar-refractivity contribution in [2.75, 3.05) is 11.9 Å². The number of alkyl halides is 3. The number of carbonyl (C=O) groups excluding carboxylic acids is 1. The molecule has 0 radical (unpaired) electrons. The molecule has 1 saturated carbocycles. The summed E-state index contributed by atoms with van der Waals surface area (Å²) in [6.45, 7) is 0.540. The van der Waals surface area contributed by atoms with Gasteiger partial charge in [-0.2, -0.15) is 13.2 Å². The van der Waals surface area contributed by atoms with Crippen LogP contribution in [0.2, 0.25) is 0 Å². The molecule has 2 aromatic heterocycles. The van der Waals surface area contributed by atoms with Crippen molar-refractivity contribution in [1.82, 2.24) is 19.9 Å². The number of nitrogens with zero attached hydrogens (tertiary/aromatic N) is 4. The molecule has 6 nitrogen and oxygen atoms in total. The first-order valence-electron chi connectivity index (χ1n) is 10.5. The van der Waals surface area contributed by atoms with E-state index in [-0.39, 0.29) is 40.9 Å². The zero-order valence-electron chi connectivity index (χ0n) is 17.3. The van der Waals surface area contributed by atoms with Gasteiger partial charge in [0.05, 0.1) is 29.1 Å². The molecule has 1 amide bonds. The van der Waals surface area contributed by atoms with Gasteiger partial charge in [-0.3, -0.25) is 4.79 Å². The Kier molecular flexibility index (Phi) is 5.22. The summed E-state index contributed by atoms with van der Waals surface area (Å²) in [6.07, 6.45) is 1.17. The summed E-state index contributed by atoms with van der Waals surface area (Å²) in [5, 5.41) is 3.22. The smallest absolute Gasteiger partial charge is 0.379 e. The van der Waals surface area contributed by atoms with E-state index < -0.39 is 17.7 Å². The molecule has 2 aliphatic rings. The van der Waals surface area contributed by atoms with E-state index in [4.69, 9.17) is 0 Å². The fourth-order valence-electron chi connectivity index (χ4n) is 4.79. The first-order valence-corrected chi connectivity index (χ1v) is 10.5. The van der Waals surface area contributed by atoms with Crippen molar-refractivity contribution in [3.05, 3.63) is 72.1 Å². The second kappa shape index (κ2) is 8.09. The third kappa shape index (κ3) is 4.01. The Morgan fingerprint density at radius 1 is 1.03 bits per heavy atom. The van der Waals surface area contributed by atoms with Crippen LogP contribution in [0.4, 0.5) is 23.2 Å². The third-order valence-corrected chi connectivity index (χ3v) is 6.18. The maximum atomic E-state index is 14.7. The van der Waals surface area contributed by atoms with Gasteiger partial charge < -0.3 is 10.2 Å². The molecule has 10 heteroatoms. The molecule has 1 aromatic carbocycles. The minimum absolute atomic E-state index is 0.0577. The number of aromatic nitrogens is 3. The van der Waals surface area contributed by atoms with Crippen LogP contribution in [0.3, 0.4) is 0 Å². The molecule has 33 heavy (non-hydrogen) atoms. The highest BCUT2D eigenvalue weighted by Crippen LogP contribution is 2.41. The number of benzene rings is 1. The van der Waals surface area contributed by atoms with Crippen LogP contribution >= 0.6 is 0 Å². The van der Waals surface area contributed by atoms with Crippen LogP contribution in [0.15, 0.2) is 55.0 Å². The molecular weight excluding hydrogens is 438 g/mol. The summed E-state index contributed by atoms with van der Waals surface area (Å²) < 4.78 is 53.0. The highest BCUT2D eigenvalue weighted by atomic mass is 19.4. The highest BCUT2D eigenvalue weighted by Gasteiger charge is 2.47. The van der Waals surface area contributed by atoms with Crippen molar-refractivity contribution in [3.63, 3.8) is 0 Å². The monoisotopic (exact) mass is 457 g/mol. The number of pyridine rings is 1. The SMILES string of the molecule is O=C(c1cccc(F)c1-c1ncccn1)N1C[C@H]2C[C@@H](Nc3ccc(C(F)(F)F)nc3)[C@@H]1C2. The quantitative estimate of drug-likeness (QED) is 0.588. The molecule has 1 aliphatic heterocycles. The number of halogens is 4. The van der Waals surface area contributed by atoms with Crippen molar-refractivity contribution in [2.24, 2.45) is 5.92 Å². The van der Waals surface area contributed by atoms with E-state index >= 15 is 0 Å². The number of hydrogen-bond acceptors (Lipinski definition) is 5. The summed E-state index contributed by atoms with van der Waals surface area (Å²) in [5.41, 5.74) is -0.261. The number of anilines is 1. The number of nitrogens with one attached hydrogen (secondary N) is 1. The molecule has 1 saturated heterocycles. The Balaban J connectivity index is 1.38. The van der Waals surface area contributed by atoms with Crippen LogP contribution in [-0.4, -0.2) is 44.4 Å². The predicted octanol–water partition coefficient (Wildman–Crippen LogP) is 4.41. The number of hydrogen-bond donors (Lipinski definition) is 1. The maximum Gasteiger partial charge on any atom is 0.433 e. The zero-order valence-corrected chi connectivity index (χ0v) is 17.3. The van der Waals surface area contributed by atoms with Gasteiger partial charge in [-0.05, 0) is 49.1 Å². The lowest BCUT2D eigenvalue weighted by Gasteiger charge is -2.34. The Morgan fingerprint density at radius 2 is 1.82 bits per heavy atom. The molecule has 0 spiro atoms. The zero-order chi connectivity index (χ0) is 23.2. The number of piperidine rings is 1. The van der Waals surface area contributed by atoms with E-state index in [9.17, 15) is 22.4 Å². The standard InChI is InChI=1S/C23H19F4N5O/c24-16-4-1-3-15(20(16)21-28-7-2-8-29-21)22(33)32-12-13-9-17(18(32)10-13)31-14-5-6-19(30-11-14)23(25,26)27/h1-8,11,13,17-18,31H,9-10,12H2/t13-,17+,18-/m0/s1. The van der Waals surface area contributed by atoms with Gasteiger partial charge >= 0.3 is 6.18 Å². The molecule has 5 rings (SSSR count). The van der Waals surface area contributed by atoms with Crippen LogP contribution in [0.5, 0.6) is 0 Å². The lowest BCUT2D eigenvalue weighted by Crippen LogP contribution is -2.47. The average Bonchev–Trinajstić information content (AvgIpc) is 3.39. The van der Waals surface area contributed by atoms with Gasteiger partial charge in [0.2, 0.25) is 0 Å². The van der Waals surface area contributed by atoms with Crippen molar-refractivity contribution < 1.29 is 22.4 Å². The summed E-state index contributed by atoms with van der Waals surface area (Å²) >= 11 is 0. The van der Waals surface area contributed by atoms with E-state index in [1.54, 1.807) is 17.0 Å². The molecule has 2 fully saturated rings. The summed E-state index contributed by atoms with van der Waals surface area (Å²) in [4.78, 5) is 26.9. The lowest BCUT2D eigenvalue weighted by molar-refractivity contribution is -0.141. The van der Waals surface area contributed by atoms with Gasteiger partial charge in [0, 0.05) is 25.0 Å². The second-order valence-corrected chi connectivity index (χ2v) is 8.28. The summed E-state index contributed by atoms with van der Waals surface area (Å²) in [7, 11) is 0. The van der Waals surface area contributed by atoms with Gasteiger partial charge in [-0.1, -0.05) is 6.07 Å². The fraction of sp³-hybridized carbons (Fsp3) is 0.304. The molecule has 3 heterocycles. The van der Waals surface area contributed by atoms with Crippen molar-refractivity contribution in [3.8, 4) is 11.4 Å². The van der Waals surface area contributed by atoms with E-state index in [0.717, 1.165) is 25.1 Å². The Hall–Kier alpha value is -3.56. The van der Waals surface area contributed by atoms with E-state index in [2.05, 4.69) is 20.3 Å². The number of rotatable bonds is 4. The second-order valence-electron chi connectivity index (χ2n) is 8.28. The molecule has 0 unspecified atom stereocenters. The highest BCUT2D eigenvalue weighted by molar-refractivity contribution is 6.00. The third-order valence-electron chi connectivity index (χ3n) is 6.18. The van der Waals surface area contributed by atoms with Crippen LogP contribution in [0, 0.1) is 11.7 Å². The minimum Gasteiger partial charge on any atom is -0.379 e. The number of likely N-dealkylation sites (tertiary alicyclic amines) is 1. The molecule has 170 valence electrons. The van der Waals surface area contributed by atoms with Gasteiger partial charge in [-0.15, -0.1) is 0 Å². The fourth-order valence-corrected chi connectivity index (χ4v) is 4.79. The van der Waals surface area contributed by atoms with Crippen molar-refractivity contribution in [1.29, 1.82) is 0 Å². The normalized spacial score (nSPS) is 21.9. The maximum absolute atomic E-state index is 14.7. The Labute approximate surface area is 186 Å². The van der Waals surface area contributed by atoms with E-state index in [0.29, 0.717) is 12.2 Å². The predicted molar refractivity (Wildman–Crippen MR) is 112 cm³/mol. The van der Waals surface area contributed by atoms with Gasteiger partial charge in [0.25, 0.3) is 5.91 Å². The molecule has 1 aliphatic carbocycles. The molecule has 3 atom stereocenters. The number of carbonyl (C=O) groups is 1. The molecule has 3 aromatic rings. The largest absolute Gasteiger partial charge is 0.433 e. The van der Waals surface area contributed by atoms with Gasteiger partial charge in [0.15, 0.2) is 5.82 Å². The first-order chi connectivity index (χ1) is 15.8. The van der Waals surface area contributed by atoms with Gasteiger partial charge in [0.1, 0.15) is 11.5 Å². The number of fused-ring (bicyclic) bond motifs is 2. The average molecular weight is 457 g/mol. The van der Waals surface area contributed by atoms with Crippen LogP contribution in [0.25, 0.3) is 11.4 Å². The van der Waals surface area contributed by atoms with E-state index in [1.807, 2.05) is 0 Å². The topological polar surface area (TPSA) is 71.0 Å². The minimum atomic E-state index is -4.50. The number of amides is 1. The lowest BCUT2D eigenvalue weighted by atomic mass is 10.0.